The van der Waals surface area contributed by atoms with Gasteiger partial charge in [0.05, 0.1) is 20.3 Å². The van der Waals surface area contributed by atoms with Crippen LogP contribution in [0.25, 0.3) is 10.9 Å². The first-order chi connectivity index (χ1) is 13.7. The summed E-state index contributed by atoms with van der Waals surface area (Å²) in [6.07, 6.45) is 2.16. The Labute approximate surface area is 177 Å². The number of ketones is 1. The number of rotatable bonds is 6. The smallest absolute Gasteiger partial charge is 0.193 e. The summed E-state index contributed by atoms with van der Waals surface area (Å²) in [6.45, 7) is 7.57. The van der Waals surface area contributed by atoms with Crippen LogP contribution >= 0.6 is 12.4 Å². The van der Waals surface area contributed by atoms with E-state index in [4.69, 9.17) is 9.47 Å². The van der Waals surface area contributed by atoms with Crippen LogP contribution in [0.15, 0.2) is 48.7 Å². The molecule has 0 spiro atoms. The molecule has 29 heavy (non-hydrogen) atoms. The number of benzene rings is 2. The summed E-state index contributed by atoms with van der Waals surface area (Å²) < 4.78 is 12.9. The molecule has 1 aliphatic heterocycles. The normalized spacial score (nSPS) is 14.6. The van der Waals surface area contributed by atoms with Gasteiger partial charge in [-0.15, -0.1) is 12.4 Å². The molecule has 2 heterocycles. The molecule has 0 bridgehead atoms. The van der Waals surface area contributed by atoms with Crippen molar-refractivity contribution in [3.8, 4) is 5.75 Å². The average Bonchev–Trinajstić information content (AvgIpc) is 3.08. The molecular formula is C23H27ClN2O3. The van der Waals surface area contributed by atoms with Crippen LogP contribution < -0.4 is 4.74 Å². The van der Waals surface area contributed by atoms with Crippen LogP contribution in [0.1, 0.15) is 21.5 Å². The lowest BCUT2D eigenvalue weighted by Crippen LogP contribution is -2.38. The van der Waals surface area contributed by atoms with E-state index in [1.165, 1.54) is 0 Å². The standard InChI is InChI=1S/C23H26N2O3.ClH/c1-17-16-25(11-10-24-12-14-28-15-13-24)21-5-3-4-20(22(17)21)23(26)18-6-8-19(27-2)9-7-18;/h3-9,16H,10-15H2,1-2H3;1H. The van der Waals surface area contributed by atoms with Gasteiger partial charge in [0, 0.05) is 54.4 Å². The van der Waals surface area contributed by atoms with E-state index in [1.807, 2.05) is 36.4 Å². The third-order valence-corrected chi connectivity index (χ3v) is 5.45. The van der Waals surface area contributed by atoms with Gasteiger partial charge in [-0.25, -0.2) is 0 Å². The van der Waals surface area contributed by atoms with Crippen LogP contribution in [-0.2, 0) is 11.3 Å². The Hall–Kier alpha value is -2.34. The van der Waals surface area contributed by atoms with E-state index in [9.17, 15) is 4.79 Å². The Kier molecular flexibility index (Phi) is 6.96. The van der Waals surface area contributed by atoms with Crippen molar-refractivity contribution in [2.75, 3.05) is 40.0 Å². The SMILES string of the molecule is COc1ccc(C(=O)c2cccc3c2c(C)cn3CCN2CCOCC2)cc1.Cl. The zero-order valence-electron chi connectivity index (χ0n) is 16.9. The first kappa shape index (κ1) is 21.4. The van der Waals surface area contributed by atoms with Gasteiger partial charge in [-0.3, -0.25) is 9.69 Å². The number of carbonyl (C=O) groups excluding carboxylic acids is 1. The minimum Gasteiger partial charge on any atom is -0.497 e. The van der Waals surface area contributed by atoms with E-state index in [2.05, 4.69) is 28.7 Å². The molecule has 0 amide bonds. The topological polar surface area (TPSA) is 43.7 Å². The number of carbonyl (C=O) groups is 1. The molecule has 1 saturated heterocycles. The Balaban J connectivity index is 0.00000240. The highest BCUT2D eigenvalue weighted by Crippen LogP contribution is 2.27. The van der Waals surface area contributed by atoms with E-state index in [1.54, 1.807) is 7.11 Å². The highest BCUT2D eigenvalue weighted by atomic mass is 35.5. The van der Waals surface area contributed by atoms with E-state index in [0.717, 1.165) is 67.2 Å². The predicted octanol–water partition coefficient (Wildman–Crippen LogP) is 3.94. The van der Waals surface area contributed by atoms with Gasteiger partial charge in [0.1, 0.15) is 5.75 Å². The van der Waals surface area contributed by atoms with Gasteiger partial charge in [-0.2, -0.15) is 0 Å². The Bertz CT molecular complexity index is 976. The molecule has 0 unspecified atom stereocenters. The van der Waals surface area contributed by atoms with E-state index in [0.29, 0.717) is 5.56 Å². The van der Waals surface area contributed by atoms with Crippen LogP contribution in [0.4, 0.5) is 0 Å². The summed E-state index contributed by atoms with van der Waals surface area (Å²) in [4.78, 5) is 15.6. The van der Waals surface area contributed by atoms with Crippen LogP contribution in [0.2, 0.25) is 0 Å². The molecule has 2 aromatic carbocycles. The van der Waals surface area contributed by atoms with E-state index < -0.39 is 0 Å². The van der Waals surface area contributed by atoms with Crippen molar-refractivity contribution in [2.24, 2.45) is 0 Å². The zero-order chi connectivity index (χ0) is 19.5. The number of aromatic nitrogens is 1. The number of methoxy groups -OCH3 is 1. The minimum absolute atomic E-state index is 0. The second kappa shape index (κ2) is 9.44. The molecule has 6 heteroatoms. The van der Waals surface area contributed by atoms with Crippen LogP contribution in [0.3, 0.4) is 0 Å². The third-order valence-electron chi connectivity index (χ3n) is 5.45. The molecule has 1 fully saturated rings. The second-order valence-corrected chi connectivity index (χ2v) is 7.22. The largest absolute Gasteiger partial charge is 0.497 e. The van der Waals surface area contributed by atoms with Gasteiger partial charge in [-0.1, -0.05) is 12.1 Å². The maximum Gasteiger partial charge on any atom is 0.193 e. The van der Waals surface area contributed by atoms with Gasteiger partial charge < -0.3 is 14.0 Å². The highest BCUT2D eigenvalue weighted by molar-refractivity contribution is 6.16. The van der Waals surface area contributed by atoms with E-state index in [-0.39, 0.29) is 18.2 Å². The molecule has 0 aliphatic carbocycles. The fourth-order valence-electron chi connectivity index (χ4n) is 3.91. The van der Waals surface area contributed by atoms with Crippen molar-refractivity contribution in [1.82, 2.24) is 9.47 Å². The van der Waals surface area contributed by atoms with Gasteiger partial charge >= 0.3 is 0 Å². The van der Waals surface area contributed by atoms with Crippen molar-refractivity contribution in [2.45, 2.75) is 13.5 Å². The Morgan fingerprint density at radius 3 is 2.48 bits per heavy atom. The molecule has 1 aliphatic rings. The average molecular weight is 415 g/mol. The zero-order valence-corrected chi connectivity index (χ0v) is 17.7. The number of hydrogen-bond donors (Lipinski definition) is 0. The molecule has 5 nitrogen and oxygen atoms in total. The van der Waals surface area contributed by atoms with Gasteiger partial charge in [0.25, 0.3) is 0 Å². The quantitative estimate of drug-likeness (QED) is 0.573. The van der Waals surface area contributed by atoms with Crippen LogP contribution in [0, 0.1) is 6.92 Å². The lowest BCUT2D eigenvalue weighted by molar-refractivity contribution is 0.0365. The molecule has 154 valence electrons. The Morgan fingerprint density at radius 2 is 1.79 bits per heavy atom. The first-order valence-corrected chi connectivity index (χ1v) is 9.74. The fourth-order valence-corrected chi connectivity index (χ4v) is 3.91. The minimum atomic E-state index is 0. The molecule has 0 atom stereocenters. The molecule has 0 saturated carbocycles. The number of fused-ring (bicyclic) bond motifs is 1. The monoisotopic (exact) mass is 414 g/mol. The first-order valence-electron chi connectivity index (χ1n) is 9.74. The van der Waals surface area contributed by atoms with Crippen molar-refractivity contribution >= 4 is 29.1 Å². The molecule has 0 N–H and O–H groups in total. The lowest BCUT2D eigenvalue weighted by atomic mass is 9.98. The summed E-state index contributed by atoms with van der Waals surface area (Å²) >= 11 is 0. The van der Waals surface area contributed by atoms with Crippen molar-refractivity contribution in [3.05, 3.63) is 65.4 Å². The van der Waals surface area contributed by atoms with E-state index >= 15 is 0 Å². The number of nitrogens with zero attached hydrogens (tertiary/aromatic N) is 2. The summed E-state index contributed by atoms with van der Waals surface area (Å²) in [5, 5.41) is 1.05. The number of morpholine rings is 1. The fraction of sp³-hybridized carbons (Fsp3) is 0.348. The predicted molar refractivity (Wildman–Crippen MR) is 118 cm³/mol. The van der Waals surface area contributed by atoms with Crippen LogP contribution in [0.5, 0.6) is 5.75 Å². The number of ether oxygens (including phenoxy) is 2. The van der Waals surface area contributed by atoms with Gasteiger partial charge in [0.15, 0.2) is 5.78 Å². The van der Waals surface area contributed by atoms with Crippen molar-refractivity contribution in [3.63, 3.8) is 0 Å². The molecule has 3 aromatic rings. The lowest BCUT2D eigenvalue weighted by Gasteiger charge is -2.26. The van der Waals surface area contributed by atoms with Gasteiger partial charge in [-0.05, 0) is 42.8 Å². The molecule has 4 rings (SSSR count). The number of aryl methyl sites for hydroxylation is 1. The number of halogens is 1. The number of hydrogen-bond acceptors (Lipinski definition) is 4. The summed E-state index contributed by atoms with van der Waals surface area (Å²) in [5.74, 6) is 0.794. The maximum atomic E-state index is 13.2. The molecule has 1 aromatic heterocycles. The van der Waals surface area contributed by atoms with Crippen molar-refractivity contribution < 1.29 is 14.3 Å². The summed E-state index contributed by atoms with van der Waals surface area (Å²) in [5.41, 5.74) is 3.68. The Morgan fingerprint density at radius 1 is 1.07 bits per heavy atom. The van der Waals surface area contributed by atoms with Gasteiger partial charge in [0.2, 0.25) is 0 Å². The second-order valence-electron chi connectivity index (χ2n) is 7.22. The summed E-state index contributed by atoms with van der Waals surface area (Å²) in [7, 11) is 1.63. The third kappa shape index (κ3) is 4.47. The van der Waals surface area contributed by atoms with Crippen molar-refractivity contribution in [1.29, 1.82) is 0 Å². The van der Waals surface area contributed by atoms with Crippen LogP contribution in [-0.4, -0.2) is 55.2 Å². The summed E-state index contributed by atoms with van der Waals surface area (Å²) in [6, 6.07) is 13.3. The molecule has 0 radical (unpaired) electrons. The maximum absolute atomic E-state index is 13.2. The molecular weight excluding hydrogens is 388 g/mol. The highest BCUT2D eigenvalue weighted by Gasteiger charge is 2.17.